The molecule has 114 valence electrons. The van der Waals surface area contributed by atoms with Crippen molar-refractivity contribution < 1.29 is 4.79 Å². The van der Waals surface area contributed by atoms with Crippen LogP contribution in [0.15, 0.2) is 54.9 Å². The minimum absolute atomic E-state index is 0.436. The Kier molecular flexibility index (Phi) is 3.76. The van der Waals surface area contributed by atoms with Crippen LogP contribution in [0.3, 0.4) is 0 Å². The molecular weight excluding hydrogens is 288 g/mol. The standard InChI is InChI=1S/C18H16N4O/c1-11-5-6-14(9-21-11)16-8-15(10-22-17(16)19)12-3-2-4-13(7-12)18(20)23/h2-10H,1H3,(H2,19,22)(H2,20,23). The number of nitrogens with two attached hydrogens (primary N) is 2. The predicted octanol–water partition coefficient (Wildman–Crippen LogP) is 2.80. The van der Waals surface area contributed by atoms with Gasteiger partial charge in [-0.05, 0) is 36.8 Å². The van der Waals surface area contributed by atoms with Crippen LogP contribution in [0.1, 0.15) is 16.1 Å². The lowest BCUT2D eigenvalue weighted by Gasteiger charge is -2.09. The van der Waals surface area contributed by atoms with E-state index in [1.807, 2.05) is 31.2 Å². The number of amides is 1. The number of nitrogen functional groups attached to an aromatic ring is 1. The summed E-state index contributed by atoms with van der Waals surface area (Å²) in [6, 6.07) is 12.9. The van der Waals surface area contributed by atoms with Gasteiger partial charge >= 0.3 is 0 Å². The first-order valence-corrected chi connectivity index (χ1v) is 7.13. The van der Waals surface area contributed by atoms with E-state index < -0.39 is 5.91 Å². The lowest BCUT2D eigenvalue weighted by Crippen LogP contribution is -2.10. The Morgan fingerprint density at radius 3 is 2.43 bits per heavy atom. The first-order valence-electron chi connectivity index (χ1n) is 7.13. The number of primary amides is 1. The summed E-state index contributed by atoms with van der Waals surface area (Å²) < 4.78 is 0. The summed E-state index contributed by atoms with van der Waals surface area (Å²) in [7, 11) is 0. The molecule has 0 spiro atoms. The van der Waals surface area contributed by atoms with Crippen LogP contribution in [0.5, 0.6) is 0 Å². The molecule has 0 aliphatic heterocycles. The van der Waals surface area contributed by atoms with Crippen molar-refractivity contribution in [2.45, 2.75) is 6.92 Å². The van der Waals surface area contributed by atoms with Crippen molar-refractivity contribution in [1.29, 1.82) is 0 Å². The van der Waals surface area contributed by atoms with Gasteiger partial charge in [0.25, 0.3) is 0 Å². The minimum Gasteiger partial charge on any atom is -0.383 e. The minimum atomic E-state index is -0.460. The van der Waals surface area contributed by atoms with Gasteiger partial charge in [0.1, 0.15) is 5.82 Å². The number of nitrogens with zero attached hydrogens (tertiary/aromatic N) is 2. The number of aromatic nitrogens is 2. The van der Waals surface area contributed by atoms with Crippen LogP contribution >= 0.6 is 0 Å². The highest BCUT2D eigenvalue weighted by molar-refractivity contribution is 5.94. The molecule has 2 aromatic heterocycles. The highest BCUT2D eigenvalue weighted by atomic mass is 16.1. The smallest absolute Gasteiger partial charge is 0.248 e. The molecule has 0 bridgehead atoms. The number of carbonyl (C=O) groups excluding carboxylic acids is 1. The van der Waals surface area contributed by atoms with Crippen molar-refractivity contribution in [1.82, 2.24) is 9.97 Å². The van der Waals surface area contributed by atoms with Gasteiger partial charge in [0.15, 0.2) is 0 Å². The fraction of sp³-hybridized carbons (Fsp3) is 0.0556. The molecule has 1 amide bonds. The number of pyridine rings is 2. The van der Waals surface area contributed by atoms with Crippen LogP contribution in [0, 0.1) is 6.92 Å². The second-order valence-electron chi connectivity index (χ2n) is 5.29. The molecular formula is C18H16N4O. The maximum atomic E-state index is 11.3. The van der Waals surface area contributed by atoms with Crippen LogP contribution in [-0.4, -0.2) is 15.9 Å². The van der Waals surface area contributed by atoms with E-state index in [-0.39, 0.29) is 0 Å². The average molecular weight is 304 g/mol. The molecule has 0 atom stereocenters. The summed E-state index contributed by atoms with van der Waals surface area (Å²) >= 11 is 0. The van der Waals surface area contributed by atoms with Crippen LogP contribution in [-0.2, 0) is 0 Å². The Hall–Kier alpha value is -3.21. The molecule has 0 saturated carbocycles. The number of hydrogen-bond donors (Lipinski definition) is 2. The summed E-state index contributed by atoms with van der Waals surface area (Å²) in [5.41, 5.74) is 16.1. The summed E-state index contributed by atoms with van der Waals surface area (Å²) in [5, 5.41) is 0. The van der Waals surface area contributed by atoms with Gasteiger partial charge in [0.05, 0.1) is 0 Å². The Morgan fingerprint density at radius 1 is 0.957 bits per heavy atom. The quantitative estimate of drug-likeness (QED) is 0.777. The van der Waals surface area contributed by atoms with E-state index in [0.717, 1.165) is 27.9 Å². The third-order valence-corrected chi connectivity index (χ3v) is 3.62. The highest BCUT2D eigenvalue weighted by Gasteiger charge is 2.09. The fourth-order valence-electron chi connectivity index (χ4n) is 2.34. The van der Waals surface area contributed by atoms with E-state index in [1.165, 1.54) is 0 Å². The lowest BCUT2D eigenvalue weighted by atomic mass is 10.0. The topological polar surface area (TPSA) is 94.9 Å². The first kappa shape index (κ1) is 14.7. The van der Waals surface area contributed by atoms with Gasteiger partial charge in [0.2, 0.25) is 5.91 Å². The van der Waals surface area contributed by atoms with Gasteiger partial charge in [-0.25, -0.2) is 4.98 Å². The molecule has 0 radical (unpaired) electrons. The summed E-state index contributed by atoms with van der Waals surface area (Å²) in [6.07, 6.45) is 3.45. The van der Waals surface area contributed by atoms with Crippen LogP contribution in [0.2, 0.25) is 0 Å². The Bertz CT molecular complexity index is 872. The molecule has 3 rings (SSSR count). The highest BCUT2D eigenvalue weighted by Crippen LogP contribution is 2.29. The summed E-state index contributed by atoms with van der Waals surface area (Å²) in [4.78, 5) is 19.9. The van der Waals surface area contributed by atoms with Crippen LogP contribution < -0.4 is 11.5 Å². The van der Waals surface area contributed by atoms with E-state index in [2.05, 4.69) is 9.97 Å². The van der Waals surface area contributed by atoms with Crippen LogP contribution in [0.4, 0.5) is 5.82 Å². The van der Waals surface area contributed by atoms with E-state index in [4.69, 9.17) is 11.5 Å². The van der Waals surface area contributed by atoms with Crippen molar-refractivity contribution in [3.8, 4) is 22.3 Å². The number of anilines is 1. The molecule has 0 aliphatic carbocycles. The molecule has 3 aromatic rings. The van der Waals surface area contributed by atoms with Gasteiger partial charge in [-0.1, -0.05) is 18.2 Å². The predicted molar refractivity (Wildman–Crippen MR) is 90.6 cm³/mol. The van der Waals surface area contributed by atoms with E-state index in [9.17, 15) is 4.79 Å². The summed E-state index contributed by atoms with van der Waals surface area (Å²) in [5.74, 6) is -0.0244. The molecule has 23 heavy (non-hydrogen) atoms. The van der Waals surface area contributed by atoms with Gasteiger partial charge in [0, 0.05) is 40.3 Å². The van der Waals surface area contributed by atoms with Gasteiger partial charge in [-0.15, -0.1) is 0 Å². The zero-order chi connectivity index (χ0) is 16.4. The van der Waals surface area contributed by atoms with Crippen molar-refractivity contribution in [2.24, 2.45) is 5.73 Å². The Labute approximate surface area is 134 Å². The number of carbonyl (C=O) groups is 1. The molecule has 5 heteroatoms. The van der Waals surface area contributed by atoms with E-state index in [0.29, 0.717) is 11.4 Å². The van der Waals surface area contributed by atoms with Crippen molar-refractivity contribution >= 4 is 11.7 Å². The van der Waals surface area contributed by atoms with Crippen LogP contribution in [0.25, 0.3) is 22.3 Å². The normalized spacial score (nSPS) is 10.5. The third-order valence-electron chi connectivity index (χ3n) is 3.62. The van der Waals surface area contributed by atoms with Gasteiger partial charge in [-0.2, -0.15) is 0 Å². The molecule has 0 saturated heterocycles. The average Bonchev–Trinajstić information content (AvgIpc) is 2.56. The Morgan fingerprint density at radius 2 is 1.74 bits per heavy atom. The fourth-order valence-corrected chi connectivity index (χ4v) is 2.34. The largest absolute Gasteiger partial charge is 0.383 e. The molecule has 0 fully saturated rings. The SMILES string of the molecule is Cc1ccc(-c2cc(-c3cccc(C(N)=O)c3)cnc2N)cn1. The maximum Gasteiger partial charge on any atom is 0.248 e. The maximum absolute atomic E-state index is 11.3. The Balaban J connectivity index is 2.08. The molecule has 0 unspecified atom stereocenters. The monoisotopic (exact) mass is 304 g/mol. The van der Waals surface area contributed by atoms with Crippen molar-refractivity contribution in [3.05, 3.63) is 66.1 Å². The molecule has 2 heterocycles. The van der Waals surface area contributed by atoms with Gasteiger partial charge in [-0.3, -0.25) is 9.78 Å². The second-order valence-corrected chi connectivity index (χ2v) is 5.29. The molecule has 1 aromatic carbocycles. The number of rotatable bonds is 3. The summed E-state index contributed by atoms with van der Waals surface area (Å²) in [6.45, 7) is 1.93. The first-order chi connectivity index (χ1) is 11.0. The zero-order valence-corrected chi connectivity index (χ0v) is 12.7. The van der Waals surface area contributed by atoms with Gasteiger partial charge < -0.3 is 11.5 Å². The van der Waals surface area contributed by atoms with Crippen molar-refractivity contribution in [2.75, 3.05) is 5.73 Å². The second kappa shape index (κ2) is 5.88. The number of aryl methyl sites for hydroxylation is 1. The molecule has 5 nitrogen and oxygen atoms in total. The zero-order valence-electron chi connectivity index (χ0n) is 12.7. The van der Waals surface area contributed by atoms with Crippen molar-refractivity contribution in [3.63, 3.8) is 0 Å². The van der Waals surface area contributed by atoms with E-state index >= 15 is 0 Å². The molecule has 4 N–H and O–H groups in total. The van der Waals surface area contributed by atoms with E-state index in [1.54, 1.807) is 30.6 Å². The molecule has 0 aliphatic rings. The lowest BCUT2D eigenvalue weighted by molar-refractivity contribution is 0.100. The number of benzene rings is 1. The third kappa shape index (κ3) is 3.03. The number of hydrogen-bond acceptors (Lipinski definition) is 4.